The number of nitrogens with zero attached hydrogens (tertiary/aromatic N) is 2. The van der Waals surface area contributed by atoms with Crippen molar-refractivity contribution in [1.29, 1.82) is 0 Å². The fourth-order valence-corrected chi connectivity index (χ4v) is 7.12. The molecule has 0 amide bonds. The number of benzene rings is 4. The molecule has 0 aliphatic heterocycles. The molecule has 7 rings (SSSR count). The van der Waals surface area contributed by atoms with E-state index in [4.69, 9.17) is 4.42 Å². The van der Waals surface area contributed by atoms with E-state index in [1.54, 1.807) is 0 Å². The molecule has 3 heterocycles. The summed E-state index contributed by atoms with van der Waals surface area (Å²) in [6, 6.07) is 31.6. The van der Waals surface area contributed by atoms with Gasteiger partial charge in [-0.25, -0.2) is 0 Å². The van der Waals surface area contributed by atoms with Gasteiger partial charge in [0.15, 0.2) is 0 Å². The van der Waals surface area contributed by atoms with Gasteiger partial charge in [0.1, 0.15) is 11.5 Å². The Morgan fingerprint density at radius 3 is 1.34 bits per heavy atom. The van der Waals surface area contributed by atoms with Gasteiger partial charge in [-0.2, -0.15) is 0 Å². The molecule has 0 radical (unpaired) electrons. The van der Waals surface area contributed by atoms with Gasteiger partial charge in [0.2, 0.25) is 0 Å². The Hall–Kier alpha value is -4.46. The predicted octanol–water partition coefficient (Wildman–Crippen LogP) is 8.19. The highest BCUT2D eigenvalue weighted by Gasteiger charge is 2.18. The van der Waals surface area contributed by atoms with Crippen LogP contribution < -0.4 is 0 Å². The maximum Gasteiger partial charge on any atom is 0.327 e. The van der Waals surface area contributed by atoms with E-state index in [0.29, 0.717) is 11.5 Å². The maximum atomic E-state index is 11.6. The van der Waals surface area contributed by atoms with Crippen molar-refractivity contribution in [1.82, 2.24) is 9.13 Å². The molecule has 4 N–H and O–H groups in total. The van der Waals surface area contributed by atoms with Crippen molar-refractivity contribution < 1.29 is 33.1 Å². The van der Waals surface area contributed by atoms with Crippen LogP contribution in [0.4, 0.5) is 0 Å². The van der Waals surface area contributed by atoms with Crippen LogP contribution in [0.5, 0.6) is 0 Å². The Labute approximate surface area is 270 Å². The minimum atomic E-state index is -4.13. The lowest BCUT2D eigenvalue weighted by molar-refractivity contribution is 0.368. The molecule has 7 aromatic rings. The van der Waals surface area contributed by atoms with E-state index in [0.717, 1.165) is 54.7 Å². The van der Waals surface area contributed by atoms with Crippen molar-refractivity contribution in [2.45, 2.75) is 13.1 Å². The van der Waals surface area contributed by atoms with Gasteiger partial charge in [-0.1, -0.05) is 60.7 Å². The number of rotatable bonds is 10. The quantitative estimate of drug-likeness (QED) is 0.108. The molecule has 11 heteroatoms. The topological polar surface area (TPSA) is 138 Å². The average molecular weight is 667 g/mol. The summed E-state index contributed by atoms with van der Waals surface area (Å²) in [5.41, 5.74) is 5.65. The number of hydrogen-bond donors (Lipinski definition) is 4. The monoisotopic (exact) mass is 666 g/mol. The normalized spacial score (nSPS) is 13.0. The Morgan fingerprint density at radius 2 is 0.915 bits per heavy atom. The third-order valence-electron chi connectivity index (χ3n) is 8.35. The van der Waals surface area contributed by atoms with E-state index >= 15 is 0 Å². The third-order valence-corrected chi connectivity index (χ3v) is 9.92. The highest BCUT2D eigenvalue weighted by molar-refractivity contribution is 7.52. The molecule has 0 spiro atoms. The average Bonchev–Trinajstić information content (AvgIpc) is 3.72. The number of furan rings is 1. The van der Waals surface area contributed by atoms with Gasteiger partial charge < -0.3 is 33.1 Å². The summed E-state index contributed by atoms with van der Waals surface area (Å²) < 4.78 is 33.1. The lowest BCUT2D eigenvalue weighted by Gasteiger charge is -2.08. The molecule has 0 unspecified atom stereocenters. The largest absolute Gasteiger partial charge is 0.457 e. The molecule has 9 nitrogen and oxygen atoms in total. The second-order valence-electron chi connectivity index (χ2n) is 11.6. The summed E-state index contributed by atoms with van der Waals surface area (Å²) in [7, 11) is -8.27. The first-order valence-electron chi connectivity index (χ1n) is 15.1. The van der Waals surface area contributed by atoms with Gasteiger partial charge in [-0.05, 0) is 71.8 Å². The Balaban J connectivity index is 1.11. The smallest absolute Gasteiger partial charge is 0.327 e. The number of hydrogen-bond acceptors (Lipinski definition) is 3. The van der Waals surface area contributed by atoms with E-state index in [2.05, 4.69) is 12.1 Å². The zero-order chi connectivity index (χ0) is 32.8. The van der Waals surface area contributed by atoms with E-state index in [1.807, 2.05) is 118 Å². The van der Waals surface area contributed by atoms with Gasteiger partial charge in [0, 0.05) is 56.7 Å². The third kappa shape index (κ3) is 6.69. The van der Waals surface area contributed by atoms with Crippen LogP contribution in [0.25, 0.3) is 67.9 Å². The fraction of sp³-hybridized carbons (Fsp3) is 0.111. The molecule has 238 valence electrons. The Morgan fingerprint density at radius 1 is 0.511 bits per heavy atom. The summed E-state index contributed by atoms with van der Waals surface area (Å²) in [5, 5.41) is 4.08. The van der Waals surface area contributed by atoms with E-state index in [1.165, 1.54) is 0 Å². The number of aromatic nitrogens is 2. The first-order chi connectivity index (χ1) is 22.5. The van der Waals surface area contributed by atoms with Gasteiger partial charge in [0.25, 0.3) is 0 Å². The first-order valence-corrected chi connectivity index (χ1v) is 18.7. The van der Waals surface area contributed by atoms with Crippen LogP contribution in [0.2, 0.25) is 0 Å². The number of para-hydroxylation sites is 2. The van der Waals surface area contributed by atoms with Crippen LogP contribution in [0.1, 0.15) is 22.6 Å². The summed E-state index contributed by atoms with van der Waals surface area (Å²) in [6.45, 7) is 0.450. The molecular weight excluding hydrogens is 634 g/mol. The van der Waals surface area contributed by atoms with Crippen molar-refractivity contribution in [3.05, 3.63) is 120 Å². The molecule has 0 bridgehead atoms. The van der Waals surface area contributed by atoms with Crippen molar-refractivity contribution in [2.24, 2.45) is 0 Å². The van der Waals surface area contributed by atoms with Crippen LogP contribution >= 0.6 is 15.2 Å². The molecule has 0 saturated heterocycles. The van der Waals surface area contributed by atoms with Crippen molar-refractivity contribution in [3.8, 4) is 0 Å². The standard InChI is InChI=1S/C36H32N2O7P2/c39-46(40,41)21-19-37-33-7-3-1-5-29(33)31-23-25(11-17-35(31)37)9-13-27-15-16-28(45-27)14-10-26-12-18-36-32(24-26)30-6-2-4-8-34(30)38(36)20-22-47(42,43)44/h1-18,23-24H,19-22H2,(H2,39,40,41)(H2,42,43,44)/b13-9+,14-10+. The fourth-order valence-electron chi connectivity index (χ4n) is 6.20. The van der Waals surface area contributed by atoms with Crippen molar-refractivity contribution >= 4 is 83.1 Å². The summed E-state index contributed by atoms with van der Waals surface area (Å²) in [6.07, 6.45) is 7.32. The molecule has 0 aliphatic rings. The lowest BCUT2D eigenvalue weighted by Crippen LogP contribution is -2.02. The van der Waals surface area contributed by atoms with Gasteiger partial charge in [-0.3, -0.25) is 9.13 Å². The van der Waals surface area contributed by atoms with Gasteiger partial charge in [-0.15, -0.1) is 0 Å². The molecule has 0 fully saturated rings. The second-order valence-corrected chi connectivity index (χ2v) is 15.1. The highest BCUT2D eigenvalue weighted by Crippen LogP contribution is 2.38. The van der Waals surface area contributed by atoms with Crippen molar-refractivity contribution in [3.63, 3.8) is 0 Å². The number of fused-ring (bicyclic) bond motifs is 6. The zero-order valence-electron chi connectivity index (χ0n) is 25.2. The first kappa shape index (κ1) is 31.2. The van der Waals surface area contributed by atoms with Gasteiger partial charge >= 0.3 is 15.2 Å². The predicted molar refractivity (Wildman–Crippen MR) is 189 cm³/mol. The summed E-state index contributed by atoms with van der Waals surface area (Å²) >= 11 is 0. The van der Waals surface area contributed by atoms with Crippen LogP contribution in [0.3, 0.4) is 0 Å². The summed E-state index contributed by atoms with van der Waals surface area (Å²) in [4.78, 5) is 37.8. The van der Waals surface area contributed by atoms with Crippen LogP contribution in [-0.2, 0) is 22.2 Å². The number of aryl methyl sites for hydroxylation is 2. The zero-order valence-corrected chi connectivity index (χ0v) is 27.0. The van der Waals surface area contributed by atoms with Crippen LogP contribution in [0, 0.1) is 0 Å². The second kappa shape index (κ2) is 12.3. The summed E-state index contributed by atoms with van der Waals surface area (Å²) in [5.74, 6) is 1.38. The molecular formula is C36H32N2O7P2. The molecule has 3 aromatic heterocycles. The highest BCUT2D eigenvalue weighted by atomic mass is 31.2. The van der Waals surface area contributed by atoms with E-state index in [-0.39, 0.29) is 25.4 Å². The molecule has 0 aliphatic carbocycles. The molecule has 47 heavy (non-hydrogen) atoms. The Bertz CT molecular complexity index is 2270. The molecule has 0 saturated carbocycles. The minimum absolute atomic E-state index is 0.224. The molecule has 4 aromatic carbocycles. The van der Waals surface area contributed by atoms with E-state index < -0.39 is 15.2 Å². The Kier molecular flexibility index (Phi) is 8.14. The van der Waals surface area contributed by atoms with Crippen LogP contribution in [0.15, 0.2) is 101 Å². The van der Waals surface area contributed by atoms with Crippen LogP contribution in [-0.4, -0.2) is 41.0 Å². The van der Waals surface area contributed by atoms with Crippen molar-refractivity contribution in [2.75, 3.05) is 12.3 Å². The van der Waals surface area contributed by atoms with Gasteiger partial charge in [0.05, 0.1) is 12.3 Å². The minimum Gasteiger partial charge on any atom is -0.457 e. The van der Waals surface area contributed by atoms with E-state index in [9.17, 15) is 28.7 Å². The SMILES string of the molecule is O=P(O)(O)CCn1c2ccccc2c2cc(/C=C/c3ccc(/C=C/c4ccc5c(c4)c4ccccc4n5CCP(=O)(O)O)o3)ccc21. The lowest BCUT2D eigenvalue weighted by atomic mass is 10.1. The molecule has 0 atom stereocenters. The maximum absolute atomic E-state index is 11.6.